The number of fused-ring (bicyclic) bond motifs is 7. The van der Waals surface area contributed by atoms with Crippen molar-refractivity contribution in [2.75, 3.05) is 6.54 Å². The van der Waals surface area contributed by atoms with E-state index in [4.69, 9.17) is 11.6 Å². The molecule has 1 N–H and O–H groups in total. The number of aromatic amines is 1. The molecule has 2 aliphatic rings. The average molecular weight is 385 g/mol. The molecule has 28 heavy (non-hydrogen) atoms. The summed E-state index contributed by atoms with van der Waals surface area (Å²) in [6, 6.07) is 24.2. The fourth-order valence-corrected chi connectivity index (χ4v) is 5.21. The summed E-state index contributed by atoms with van der Waals surface area (Å²) in [5.41, 5.74) is 6.42. The number of amides is 1. The summed E-state index contributed by atoms with van der Waals surface area (Å²) in [6.07, 6.45) is 0. The van der Waals surface area contributed by atoms with Crippen molar-refractivity contribution in [1.29, 1.82) is 0 Å². The zero-order valence-electron chi connectivity index (χ0n) is 15.0. The van der Waals surface area contributed by atoms with Gasteiger partial charge in [0.05, 0.1) is 6.04 Å². The Morgan fingerprint density at radius 3 is 2.46 bits per heavy atom. The van der Waals surface area contributed by atoms with Crippen molar-refractivity contribution in [2.24, 2.45) is 0 Å². The molecule has 0 saturated carbocycles. The van der Waals surface area contributed by atoms with Gasteiger partial charge in [-0.15, -0.1) is 0 Å². The number of hydrogen-bond acceptors (Lipinski definition) is 1. The molecule has 1 aromatic heterocycles. The van der Waals surface area contributed by atoms with Crippen LogP contribution in [0.15, 0.2) is 72.8 Å². The number of hydrogen-bond donors (Lipinski definition) is 1. The second kappa shape index (κ2) is 5.73. The number of carbonyl (C=O) groups is 1. The van der Waals surface area contributed by atoms with Crippen molar-refractivity contribution in [3.63, 3.8) is 0 Å². The fraction of sp³-hybridized carbons (Fsp3) is 0.125. The van der Waals surface area contributed by atoms with Gasteiger partial charge in [-0.1, -0.05) is 66.2 Å². The average Bonchev–Trinajstić information content (AvgIpc) is 3.24. The van der Waals surface area contributed by atoms with Crippen LogP contribution in [0.5, 0.6) is 0 Å². The Labute approximate surface area is 167 Å². The van der Waals surface area contributed by atoms with Crippen molar-refractivity contribution in [2.45, 2.75) is 12.0 Å². The molecule has 0 unspecified atom stereocenters. The van der Waals surface area contributed by atoms with Gasteiger partial charge in [-0.05, 0) is 34.9 Å². The van der Waals surface area contributed by atoms with Crippen LogP contribution in [0.3, 0.4) is 0 Å². The Morgan fingerprint density at radius 2 is 1.61 bits per heavy atom. The fourth-order valence-electron chi connectivity index (χ4n) is 4.94. The third kappa shape index (κ3) is 2.02. The molecule has 1 amide bonds. The lowest BCUT2D eigenvalue weighted by Gasteiger charge is -2.36. The topological polar surface area (TPSA) is 36.1 Å². The Morgan fingerprint density at radius 1 is 0.893 bits per heavy atom. The van der Waals surface area contributed by atoms with Crippen LogP contribution in [0, 0.1) is 0 Å². The number of carbonyl (C=O) groups excluding carboxylic acids is 1. The maximum Gasteiger partial charge on any atom is 0.255 e. The molecule has 3 aromatic carbocycles. The summed E-state index contributed by atoms with van der Waals surface area (Å²) >= 11 is 6.60. The van der Waals surface area contributed by atoms with Gasteiger partial charge in [-0.3, -0.25) is 4.79 Å². The molecule has 4 aromatic rings. The van der Waals surface area contributed by atoms with E-state index in [1.807, 2.05) is 47.4 Å². The van der Waals surface area contributed by atoms with E-state index >= 15 is 0 Å². The SMILES string of the molecule is O=C1c2ccccc2[C@H]2c3[nH]c4ccccc4c3[C@@H](c3ccccc3Cl)CN12. The van der Waals surface area contributed by atoms with Crippen LogP contribution in [0.2, 0.25) is 5.02 Å². The minimum atomic E-state index is -0.0650. The summed E-state index contributed by atoms with van der Waals surface area (Å²) in [5, 5.41) is 1.95. The van der Waals surface area contributed by atoms with Crippen LogP contribution in [-0.2, 0) is 0 Å². The molecular weight excluding hydrogens is 368 g/mol. The second-order valence-electron chi connectivity index (χ2n) is 7.52. The molecule has 3 heterocycles. The van der Waals surface area contributed by atoms with E-state index in [0.29, 0.717) is 6.54 Å². The van der Waals surface area contributed by atoms with Gasteiger partial charge in [0.25, 0.3) is 5.91 Å². The Hall–Kier alpha value is -3.04. The molecule has 4 heteroatoms. The van der Waals surface area contributed by atoms with E-state index < -0.39 is 0 Å². The maximum absolute atomic E-state index is 13.2. The van der Waals surface area contributed by atoms with E-state index in [1.165, 1.54) is 10.9 Å². The standard InChI is InChI=1S/C24H17ClN2O/c25-19-11-5-3-7-14(19)18-13-27-23(15-8-1-2-9-16(15)24(27)28)22-21(18)17-10-4-6-12-20(17)26-22/h1-12,18,23,26H,13H2/t18-,23+/m1/s1. The second-order valence-corrected chi connectivity index (χ2v) is 7.93. The normalized spacial score (nSPS) is 20.2. The molecule has 0 spiro atoms. The molecule has 2 aliphatic heterocycles. The van der Waals surface area contributed by atoms with Crippen molar-refractivity contribution >= 4 is 28.4 Å². The summed E-state index contributed by atoms with van der Waals surface area (Å²) in [5.74, 6) is 0.135. The van der Waals surface area contributed by atoms with Crippen LogP contribution in [0.1, 0.15) is 44.7 Å². The minimum Gasteiger partial charge on any atom is -0.356 e. The lowest BCUT2D eigenvalue weighted by Crippen LogP contribution is -2.38. The number of nitrogens with one attached hydrogen (secondary N) is 1. The molecule has 0 radical (unpaired) electrons. The Balaban J connectivity index is 1.66. The van der Waals surface area contributed by atoms with E-state index in [0.717, 1.165) is 32.9 Å². The summed E-state index contributed by atoms with van der Waals surface area (Å²) in [6.45, 7) is 0.622. The highest BCUT2D eigenvalue weighted by atomic mass is 35.5. The molecule has 3 nitrogen and oxygen atoms in total. The number of nitrogens with zero attached hydrogens (tertiary/aromatic N) is 1. The third-order valence-corrected chi connectivity index (χ3v) is 6.46. The van der Waals surface area contributed by atoms with Crippen molar-refractivity contribution < 1.29 is 4.79 Å². The molecule has 0 bridgehead atoms. The van der Waals surface area contributed by atoms with Gasteiger partial charge in [-0.2, -0.15) is 0 Å². The lowest BCUT2D eigenvalue weighted by atomic mass is 9.83. The third-order valence-electron chi connectivity index (χ3n) is 6.12. The van der Waals surface area contributed by atoms with Crippen molar-refractivity contribution in [1.82, 2.24) is 9.88 Å². The van der Waals surface area contributed by atoms with Crippen molar-refractivity contribution in [3.05, 3.63) is 106 Å². The highest BCUT2D eigenvalue weighted by Gasteiger charge is 2.45. The first-order chi connectivity index (χ1) is 13.7. The summed E-state index contributed by atoms with van der Waals surface area (Å²) < 4.78 is 0. The highest BCUT2D eigenvalue weighted by molar-refractivity contribution is 6.31. The van der Waals surface area contributed by atoms with Crippen LogP contribution >= 0.6 is 11.6 Å². The quantitative estimate of drug-likeness (QED) is 0.461. The van der Waals surface area contributed by atoms with Gasteiger partial charge in [-0.25, -0.2) is 0 Å². The van der Waals surface area contributed by atoms with Crippen LogP contribution in [0.25, 0.3) is 10.9 Å². The van der Waals surface area contributed by atoms with E-state index in [-0.39, 0.29) is 17.9 Å². The lowest BCUT2D eigenvalue weighted by molar-refractivity contribution is 0.0727. The highest BCUT2D eigenvalue weighted by Crippen LogP contribution is 2.50. The Kier molecular flexibility index (Phi) is 3.27. The van der Waals surface area contributed by atoms with E-state index in [9.17, 15) is 4.79 Å². The van der Waals surface area contributed by atoms with Crippen molar-refractivity contribution in [3.8, 4) is 0 Å². The molecule has 2 atom stereocenters. The number of halogens is 1. The molecular formula is C24H17ClN2O. The number of benzene rings is 3. The largest absolute Gasteiger partial charge is 0.356 e. The molecule has 136 valence electrons. The number of H-pyrrole nitrogens is 1. The summed E-state index contributed by atoms with van der Waals surface area (Å²) in [4.78, 5) is 18.8. The molecule has 0 saturated heterocycles. The summed E-state index contributed by atoms with van der Waals surface area (Å²) in [7, 11) is 0. The smallest absolute Gasteiger partial charge is 0.255 e. The minimum absolute atomic E-state index is 0.0364. The first-order valence-electron chi connectivity index (χ1n) is 9.49. The predicted molar refractivity (Wildman–Crippen MR) is 111 cm³/mol. The van der Waals surface area contributed by atoms with E-state index in [1.54, 1.807) is 0 Å². The van der Waals surface area contributed by atoms with Gasteiger partial charge in [0.15, 0.2) is 0 Å². The first-order valence-corrected chi connectivity index (χ1v) is 9.86. The van der Waals surface area contributed by atoms with Gasteiger partial charge >= 0.3 is 0 Å². The Bertz CT molecular complexity index is 1260. The van der Waals surface area contributed by atoms with E-state index in [2.05, 4.69) is 35.3 Å². The monoisotopic (exact) mass is 384 g/mol. The van der Waals surface area contributed by atoms with Crippen LogP contribution in [0.4, 0.5) is 0 Å². The molecule has 0 aliphatic carbocycles. The maximum atomic E-state index is 13.2. The van der Waals surface area contributed by atoms with Gasteiger partial charge in [0.1, 0.15) is 0 Å². The van der Waals surface area contributed by atoms with Gasteiger partial charge in [0, 0.05) is 39.6 Å². The number of rotatable bonds is 1. The zero-order valence-corrected chi connectivity index (χ0v) is 15.8. The van der Waals surface area contributed by atoms with Crippen LogP contribution < -0.4 is 0 Å². The number of para-hydroxylation sites is 1. The number of aromatic nitrogens is 1. The molecule has 0 fully saturated rings. The van der Waals surface area contributed by atoms with Gasteiger partial charge < -0.3 is 9.88 Å². The van der Waals surface area contributed by atoms with Crippen LogP contribution in [-0.4, -0.2) is 22.3 Å². The van der Waals surface area contributed by atoms with Gasteiger partial charge in [0.2, 0.25) is 0 Å². The molecule has 6 rings (SSSR count). The zero-order chi connectivity index (χ0) is 18.8. The predicted octanol–water partition coefficient (Wildman–Crippen LogP) is 5.51. The first kappa shape index (κ1) is 16.0.